The van der Waals surface area contributed by atoms with Crippen molar-refractivity contribution in [2.45, 2.75) is 52.3 Å². The number of rotatable bonds is 5. The zero-order chi connectivity index (χ0) is 29.0. The lowest BCUT2D eigenvalue weighted by Crippen LogP contribution is -2.40. The van der Waals surface area contributed by atoms with Gasteiger partial charge in [0.1, 0.15) is 17.2 Å². The maximum atomic E-state index is 13.6. The first-order chi connectivity index (χ1) is 18.9. The Balaban J connectivity index is 1.62. The quantitative estimate of drug-likeness (QED) is 0.438. The normalized spacial score (nSPS) is 13.0. The van der Waals surface area contributed by atoms with E-state index in [1.807, 2.05) is 0 Å². The highest BCUT2D eigenvalue weighted by molar-refractivity contribution is 5.90. The first-order valence-corrected chi connectivity index (χ1v) is 12.8. The molecule has 0 fully saturated rings. The fraction of sp³-hybridized carbons (Fsp3) is 0.357. The van der Waals surface area contributed by atoms with Gasteiger partial charge in [-0.05, 0) is 63.1 Å². The van der Waals surface area contributed by atoms with Gasteiger partial charge in [-0.15, -0.1) is 5.10 Å². The lowest BCUT2D eigenvalue weighted by Gasteiger charge is -2.30. The van der Waals surface area contributed by atoms with Crippen LogP contribution in [-0.2, 0) is 22.4 Å². The highest BCUT2D eigenvalue weighted by Gasteiger charge is 2.33. The minimum Gasteiger partial charge on any atom is -0.448 e. The van der Waals surface area contributed by atoms with Crippen molar-refractivity contribution in [1.82, 2.24) is 20.0 Å². The van der Waals surface area contributed by atoms with E-state index in [-0.39, 0.29) is 31.9 Å². The summed E-state index contributed by atoms with van der Waals surface area (Å²) in [6, 6.07) is 9.63. The third-order valence-corrected chi connectivity index (χ3v) is 6.06. The van der Waals surface area contributed by atoms with Crippen molar-refractivity contribution >= 4 is 24.0 Å². The Morgan fingerprint density at radius 3 is 2.08 bits per heavy atom. The van der Waals surface area contributed by atoms with Gasteiger partial charge in [0, 0.05) is 18.5 Å². The van der Waals surface area contributed by atoms with Crippen LogP contribution in [0.15, 0.2) is 48.5 Å². The topological polar surface area (TPSA) is 115 Å². The Hall–Kier alpha value is -4.48. The van der Waals surface area contributed by atoms with Crippen molar-refractivity contribution in [2.75, 3.05) is 18.5 Å². The number of fused-ring (bicyclic) bond motifs is 1. The molecule has 2 heterocycles. The van der Waals surface area contributed by atoms with Crippen LogP contribution >= 0.6 is 0 Å². The Morgan fingerprint density at radius 1 is 0.975 bits per heavy atom. The molecule has 0 unspecified atom stereocenters. The van der Waals surface area contributed by atoms with Crippen LogP contribution in [0.3, 0.4) is 0 Å². The van der Waals surface area contributed by atoms with Gasteiger partial charge in [-0.1, -0.05) is 24.3 Å². The van der Waals surface area contributed by atoms with Gasteiger partial charge in [-0.2, -0.15) is 4.68 Å². The molecule has 2 N–H and O–H groups in total. The van der Waals surface area contributed by atoms with Crippen molar-refractivity contribution in [3.05, 3.63) is 82.5 Å². The average molecular weight is 556 g/mol. The summed E-state index contributed by atoms with van der Waals surface area (Å²) in [5, 5.41) is 9.77. The fourth-order valence-corrected chi connectivity index (χ4v) is 4.28. The van der Waals surface area contributed by atoms with Crippen LogP contribution in [0.25, 0.3) is 0 Å². The number of urea groups is 1. The molecule has 3 aromatic rings. The maximum absolute atomic E-state index is 13.6. The summed E-state index contributed by atoms with van der Waals surface area (Å²) in [5.41, 5.74) is 1.36. The van der Waals surface area contributed by atoms with Crippen LogP contribution in [-0.4, -0.2) is 51.7 Å². The molecule has 0 spiro atoms. The maximum Gasteiger partial charge on any atom is 0.434 e. The second-order valence-corrected chi connectivity index (χ2v) is 10.2. The standard InChI is InChI=1S/C28H31F2N5O5/c1-5-39-27(38)35-22-14-15-34(26(37)40-28(2,3)4)16-21(22)24(33-35)32-25(36)31-23(17-6-10-19(29)11-7-17)18-8-12-20(30)13-9-18/h6-13,23H,5,14-16H2,1-4H3,(H2,31,32,33,36). The van der Waals surface area contributed by atoms with Gasteiger partial charge in [-0.25, -0.2) is 23.2 Å². The van der Waals surface area contributed by atoms with E-state index in [2.05, 4.69) is 15.7 Å². The lowest BCUT2D eigenvalue weighted by atomic mass is 9.99. The minimum absolute atomic E-state index is 0.0403. The van der Waals surface area contributed by atoms with E-state index in [4.69, 9.17) is 9.47 Å². The monoisotopic (exact) mass is 555 g/mol. The van der Waals surface area contributed by atoms with Crippen LogP contribution in [0.2, 0.25) is 0 Å². The van der Waals surface area contributed by atoms with E-state index >= 15 is 0 Å². The van der Waals surface area contributed by atoms with Crippen molar-refractivity contribution in [3.63, 3.8) is 0 Å². The molecule has 3 amide bonds. The second kappa shape index (κ2) is 11.7. The first-order valence-electron chi connectivity index (χ1n) is 12.8. The summed E-state index contributed by atoms with van der Waals surface area (Å²) >= 11 is 0. The number of aromatic nitrogens is 2. The Labute approximate surface area is 230 Å². The molecule has 0 saturated heterocycles. The summed E-state index contributed by atoms with van der Waals surface area (Å²) in [6.45, 7) is 7.38. The molecule has 0 aliphatic carbocycles. The minimum atomic E-state index is -0.762. The van der Waals surface area contributed by atoms with Crippen LogP contribution < -0.4 is 10.6 Å². The highest BCUT2D eigenvalue weighted by atomic mass is 19.1. The molecule has 40 heavy (non-hydrogen) atoms. The van der Waals surface area contributed by atoms with E-state index in [1.165, 1.54) is 53.4 Å². The van der Waals surface area contributed by atoms with Crippen molar-refractivity contribution in [3.8, 4) is 0 Å². The van der Waals surface area contributed by atoms with E-state index in [1.54, 1.807) is 27.7 Å². The van der Waals surface area contributed by atoms with Crippen molar-refractivity contribution in [1.29, 1.82) is 0 Å². The molecule has 0 saturated carbocycles. The van der Waals surface area contributed by atoms with Crippen molar-refractivity contribution < 1.29 is 32.6 Å². The van der Waals surface area contributed by atoms with Crippen LogP contribution in [0.5, 0.6) is 0 Å². The molecule has 0 atom stereocenters. The number of ether oxygens (including phenoxy) is 2. The third kappa shape index (κ3) is 6.74. The number of amides is 3. The number of anilines is 1. The zero-order valence-corrected chi connectivity index (χ0v) is 22.7. The third-order valence-electron chi connectivity index (χ3n) is 6.06. The number of nitrogens with zero attached hydrogens (tertiary/aromatic N) is 3. The molecule has 2 aromatic carbocycles. The molecule has 12 heteroatoms. The van der Waals surface area contributed by atoms with Gasteiger partial charge in [0.05, 0.1) is 24.9 Å². The molecule has 1 aliphatic heterocycles. The number of carbonyl (C=O) groups is 3. The summed E-state index contributed by atoms with van der Waals surface area (Å²) in [4.78, 5) is 40.1. The zero-order valence-electron chi connectivity index (χ0n) is 22.7. The lowest BCUT2D eigenvalue weighted by molar-refractivity contribution is 0.0223. The van der Waals surface area contributed by atoms with Gasteiger partial charge in [0.25, 0.3) is 0 Å². The number of hydrogen-bond donors (Lipinski definition) is 2. The predicted molar refractivity (Wildman–Crippen MR) is 142 cm³/mol. The SMILES string of the molecule is CCOC(=O)n1nc(NC(=O)NC(c2ccc(F)cc2)c2ccc(F)cc2)c2c1CCN(C(=O)OC(C)(C)C)C2. The van der Waals surface area contributed by atoms with Gasteiger partial charge in [-0.3, -0.25) is 5.32 Å². The fourth-order valence-electron chi connectivity index (χ4n) is 4.28. The van der Waals surface area contributed by atoms with Gasteiger partial charge < -0.3 is 19.7 Å². The Kier molecular flexibility index (Phi) is 8.36. The summed E-state index contributed by atoms with van der Waals surface area (Å²) in [7, 11) is 0. The van der Waals surface area contributed by atoms with Crippen LogP contribution in [0.1, 0.15) is 56.1 Å². The largest absolute Gasteiger partial charge is 0.448 e. The van der Waals surface area contributed by atoms with Gasteiger partial charge >= 0.3 is 18.2 Å². The van der Waals surface area contributed by atoms with E-state index in [9.17, 15) is 23.2 Å². The molecule has 1 aromatic heterocycles. The molecule has 1 aliphatic rings. The first kappa shape index (κ1) is 28.5. The Morgan fingerprint density at radius 2 is 1.55 bits per heavy atom. The smallest absolute Gasteiger partial charge is 0.434 e. The summed E-state index contributed by atoms with van der Waals surface area (Å²) < 4.78 is 38.9. The number of carbonyl (C=O) groups excluding carboxylic acids is 3. The summed E-state index contributed by atoms with van der Waals surface area (Å²) in [5.74, 6) is -0.834. The van der Waals surface area contributed by atoms with E-state index < -0.39 is 41.5 Å². The van der Waals surface area contributed by atoms with E-state index in [0.29, 0.717) is 22.4 Å². The van der Waals surface area contributed by atoms with Gasteiger partial charge in [0.2, 0.25) is 0 Å². The highest BCUT2D eigenvalue weighted by Crippen LogP contribution is 2.28. The number of benzene rings is 2. The number of halogens is 2. The molecule has 212 valence electrons. The number of hydrogen-bond acceptors (Lipinski definition) is 6. The van der Waals surface area contributed by atoms with Crippen LogP contribution in [0.4, 0.5) is 29.0 Å². The molecular weight excluding hydrogens is 524 g/mol. The molecular formula is C28H31F2N5O5. The van der Waals surface area contributed by atoms with E-state index in [0.717, 1.165) is 4.68 Å². The number of nitrogens with one attached hydrogen (secondary N) is 2. The molecule has 4 rings (SSSR count). The molecule has 0 radical (unpaired) electrons. The molecule has 0 bridgehead atoms. The second-order valence-electron chi connectivity index (χ2n) is 10.2. The molecule has 10 nitrogen and oxygen atoms in total. The van der Waals surface area contributed by atoms with Gasteiger partial charge in [0.15, 0.2) is 5.82 Å². The van der Waals surface area contributed by atoms with Crippen molar-refractivity contribution in [2.24, 2.45) is 0 Å². The van der Waals surface area contributed by atoms with Crippen LogP contribution in [0, 0.1) is 11.6 Å². The summed E-state index contributed by atoms with van der Waals surface area (Å²) in [6.07, 6.45) is -0.976. The Bertz CT molecular complexity index is 1340. The predicted octanol–water partition coefficient (Wildman–Crippen LogP) is 5.37. The average Bonchev–Trinajstić information content (AvgIpc) is 3.25.